The average molecular weight is 381 g/mol. The van der Waals surface area contributed by atoms with E-state index in [1.165, 1.54) is 0 Å². The highest BCUT2D eigenvalue weighted by Gasteiger charge is 2.08. The van der Waals surface area contributed by atoms with E-state index in [1.54, 1.807) is 16.9 Å². The fourth-order valence-corrected chi connectivity index (χ4v) is 2.42. The molecule has 1 heterocycles. The van der Waals surface area contributed by atoms with Crippen molar-refractivity contribution in [2.45, 2.75) is 19.4 Å². The van der Waals surface area contributed by atoms with Crippen LogP contribution in [-0.2, 0) is 11.3 Å². The van der Waals surface area contributed by atoms with Gasteiger partial charge in [-0.15, -0.1) is 0 Å². The van der Waals surface area contributed by atoms with Gasteiger partial charge < -0.3 is 10.4 Å². The standard InChI is InChI=1S/C15H17BrN4O3/c16-12-4-1-3-11(9-12)10-20-13(6-8-18-20)19-15(23)17-7-2-5-14(21)22/h1,3-4,6,8-9H,2,5,7,10H2,(H,21,22)(H2,17,19,23). The molecule has 0 aliphatic carbocycles. The predicted molar refractivity (Wildman–Crippen MR) is 89.4 cm³/mol. The number of nitrogens with zero attached hydrogens (tertiary/aromatic N) is 2. The Morgan fingerprint density at radius 1 is 1.30 bits per heavy atom. The number of halogens is 1. The number of rotatable bonds is 7. The lowest BCUT2D eigenvalue weighted by Gasteiger charge is -2.10. The number of carbonyl (C=O) groups excluding carboxylic acids is 1. The van der Waals surface area contributed by atoms with Crippen LogP contribution in [0.3, 0.4) is 0 Å². The van der Waals surface area contributed by atoms with Crippen LogP contribution in [0.2, 0.25) is 0 Å². The van der Waals surface area contributed by atoms with Crippen LogP contribution in [-0.4, -0.2) is 33.4 Å². The van der Waals surface area contributed by atoms with Crippen molar-refractivity contribution in [2.24, 2.45) is 0 Å². The lowest BCUT2D eigenvalue weighted by molar-refractivity contribution is -0.137. The molecule has 2 rings (SSSR count). The molecule has 2 aromatic rings. The van der Waals surface area contributed by atoms with Crippen LogP contribution in [0, 0.1) is 0 Å². The van der Waals surface area contributed by atoms with Crippen molar-refractivity contribution in [1.82, 2.24) is 15.1 Å². The molecule has 1 aromatic carbocycles. The van der Waals surface area contributed by atoms with Crippen LogP contribution in [0.5, 0.6) is 0 Å². The third-order valence-electron chi connectivity index (χ3n) is 3.03. The van der Waals surface area contributed by atoms with E-state index >= 15 is 0 Å². The van der Waals surface area contributed by atoms with Crippen molar-refractivity contribution in [3.05, 3.63) is 46.6 Å². The van der Waals surface area contributed by atoms with E-state index in [0.29, 0.717) is 25.3 Å². The van der Waals surface area contributed by atoms with E-state index < -0.39 is 5.97 Å². The Bertz CT molecular complexity index is 687. The summed E-state index contributed by atoms with van der Waals surface area (Å²) in [6.07, 6.45) is 2.03. The maximum Gasteiger partial charge on any atom is 0.320 e. The Balaban J connectivity index is 1.88. The molecule has 3 N–H and O–H groups in total. The SMILES string of the molecule is O=C(O)CCCNC(=O)Nc1ccnn1Cc1cccc(Br)c1. The average Bonchev–Trinajstić information content (AvgIpc) is 2.90. The Hall–Kier alpha value is -2.35. The highest BCUT2D eigenvalue weighted by Crippen LogP contribution is 2.14. The van der Waals surface area contributed by atoms with Crippen LogP contribution < -0.4 is 10.6 Å². The first-order valence-electron chi connectivity index (χ1n) is 7.07. The first-order chi connectivity index (χ1) is 11.0. The summed E-state index contributed by atoms with van der Waals surface area (Å²) in [6, 6.07) is 9.15. The number of carboxylic acids is 1. The number of urea groups is 1. The number of aliphatic carboxylic acids is 1. The van der Waals surface area contributed by atoms with Gasteiger partial charge in [-0.3, -0.25) is 10.1 Å². The van der Waals surface area contributed by atoms with Crippen molar-refractivity contribution >= 4 is 33.7 Å². The third kappa shape index (κ3) is 5.74. The molecule has 0 aliphatic rings. The summed E-state index contributed by atoms with van der Waals surface area (Å²) in [4.78, 5) is 22.2. The molecule has 122 valence electrons. The zero-order valence-corrected chi connectivity index (χ0v) is 13.9. The molecule has 0 unspecified atom stereocenters. The normalized spacial score (nSPS) is 10.3. The molecule has 1 aromatic heterocycles. The number of hydrogen-bond donors (Lipinski definition) is 3. The minimum atomic E-state index is -0.876. The molecule has 23 heavy (non-hydrogen) atoms. The molecule has 2 amide bonds. The van der Waals surface area contributed by atoms with E-state index in [0.717, 1.165) is 10.0 Å². The Morgan fingerprint density at radius 2 is 2.13 bits per heavy atom. The summed E-state index contributed by atoms with van der Waals surface area (Å²) in [5, 5.41) is 18.1. The summed E-state index contributed by atoms with van der Waals surface area (Å²) < 4.78 is 2.66. The van der Waals surface area contributed by atoms with Gasteiger partial charge in [-0.1, -0.05) is 28.1 Å². The molecule has 0 saturated carbocycles. The Kier molecular flexibility index (Phi) is 6.16. The van der Waals surface area contributed by atoms with E-state index in [4.69, 9.17) is 5.11 Å². The number of carboxylic acid groups (broad SMARTS) is 1. The Morgan fingerprint density at radius 3 is 2.87 bits per heavy atom. The van der Waals surface area contributed by atoms with Crippen LogP contribution in [0.4, 0.5) is 10.6 Å². The maximum atomic E-state index is 11.8. The molecule has 0 bridgehead atoms. The topological polar surface area (TPSA) is 96.2 Å². The molecular weight excluding hydrogens is 364 g/mol. The van der Waals surface area contributed by atoms with Crippen molar-refractivity contribution < 1.29 is 14.7 Å². The molecule has 0 radical (unpaired) electrons. The molecule has 7 nitrogen and oxygen atoms in total. The van der Waals surface area contributed by atoms with Crippen LogP contribution >= 0.6 is 15.9 Å². The quantitative estimate of drug-likeness (QED) is 0.643. The summed E-state index contributed by atoms with van der Waals surface area (Å²) >= 11 is 3.42. The lowest BCUT2D eigenvalue weighted by Crippen LogP contribution is -2.30. The predicted octanol–water partition coefficient (Wildman–Crippen LogP) is 2.68. The highest BCUT2D eigenvalue weighted by molar-refractivity contribution is 9.10. The van der Waals surface area contributed by atoms with E-state index in [1.807, 2.05) is 24.3 Å². The number of hydrogen-bond acceptors (Lipinski definition) is 3. The monoisotopic (exact) mass is 380 g/mol. The number of aromatic nitrogens is 2. The van der Waals surface area contributed by atoms with E-state index in [2.05, 4.69) is 31.7 Å². The fraction of sp³-hybridized carbons (Fsp3) is 0.267. The van der Waals surface area contributed by atoms with Crippen LogP contribution in [0.1, 0.15) is 18.4 Å². The zero-order chi connectivity index (χ0) is 16.7. The van der Waals surface area contributed by atoms with Gasteiger partial charge in [-0.2, -0.15) is 5.10 Å². The van der Waals surface area contributed by atoms with E-state index in [-0.39, 0.29) is 12.5 Å². The van der Waals surface area contributed by atoms with Crippen molar-refractivity contribution in [2.75, 3.05) is 11.9 Å². The molecule has 0 aliphatic heterocycles. The second-order valence-corrected chi connectivity index (χ2v) is 5.80. The number of nitrogens with one attached hydrogen (secondary N) is 2. The van der Waals surface area contributed by atoms with E-state index in [9.17, 15) is 9.59 Å². The second kappa shape index (κ2) is 8.33. The van der Waals surface area contributed by atoms with Gasteiger partial charge in [-0.25, -0.2) is 9.48 Å². The fourth-order valence-electron chi connectivity index (χ4n) is 1.98. The smallest absolute Gasteiger partial charge is 0.320 e. The zero-order valence-electron chi connectivity index (χ0n) is 12.3. The highest BCUT2D eigenvalue weighted by atomic mass is 79.9. The van der Waals surface area contributed by atoms with Gasteiger partial charge in [-0.05, 0) is 24.1 Å². The summed E-state index contributed by atoms with van der Waals surface area (Å²) in [6.45, 7) is 0.832. The number of anilines is 1. The molecule has 0 fully saturated rings. The first kappa shape index (κ1) is 17.0. The second-order valence-electron chi connectivity index (χ2n) is 4.88. The number of benzene rings is 1. The largest absolute Gasteiger partial charge is 0.481 e. The van der Waals surface area contributed by atoms with Crippen molar-refractivity contribution in [3.63, 3.8) is 0 Å². The number of amides is 2. The van der Waals surface area contributed by atoms with Gasteiger partial charge in [0, 0.05) is 23.5 Å². The van der Waals surface area contributed by atoms with Gasteiger partial charge in [0.05, 0.1) is 12.7 Å². The number of carbonyl (C=O) groups is 2. The van der Waals surface area contributed by atoms with Crippen LogP contribution in [0.15, 0.2) is 41.0 Å². The van der Waals surface area contributed by atoms with Gasteiger partial charge in [0.1, 0.15) is 5.82 Å². The summed E-state index contributed by atoms with van der Waals surface area (Å²) in [5.41, 5.74) is 1.05. The molecule has 0 spiro atoms. The lowest BCUT2D eigenvalue weighted by atomic mass is 10.2. The van der Waals surface area contributed by atoms with Crippen molar-refractivity contribution in [1.29, 1.82) is 0 Å². The molecule has 8 heteroatoms. The maximum absolute atomic E-state index is 11.8. The summed E-state index contributed by atoms with van der Waals surface area (Å²) in [5.74, 6) is -0.306. The summed E-state index contributed by atoms with van der Waals surface area (Å²) in [7, 11) is 0. The van der Waals surface area contributed by atoms with Crippen LogP contribution in [0.25, 0.3) is 0 Å². The molecular formula is C15H17BrN4O3. The minimum Gasteiger partial charge on any atom is -0.481 e. The van der Waals surface area contributed by atoms with Gasteiger partial charge in [0.15, 0.2) is 0 Å². The van der Waals surface area contributed by atoms with Gasteiger partial charge in [0.2, 0.25) is 0 Å². The van der Waals surface area contributed by atoms with Gasteiger partial charge >= 0.3 is 12.0 Å². The molecule has 0 saturated heterocycles. The molecule has 0 atom stereocenters. The van der Waals surface area contributed by atoms with Gasteiger partial charge in [0.25, 0.3) is 0 Å². The Labute approximate surface area is 141 Å². The third-order valence-corrected chi connectivity index (χ3v) is 3.53. The first-order valence-corrected chi connectivity index (χ1v) is 7.87. The minimum absolute atomic E-state index is 0.0289. The van der Waals surface area contributed by atoms with Crippen molar-refractivity contribution in [3.8, 4) is 0 Å².